The quantitative estimate of drug-likeness (QED) is 0.886. The van der Waals surface area contributed by atoms with Crippen LogP contribution in [0.25, 0.3) is 0 Å². The summed E-state index contributed by atoms with van der Waals surface area (Å²) in [5.41, 5.74) is 2.18. The zero-order chi connectivity index (χ0) is 15.5. The molecule has 0 aliphatic carbocycles. The van der Waals surface area contributed by atoms with Crippen LogP contribution in [0, 0.1) is 6.92 Å². The second kappa shape index (κ2) is 5.97. The van der Waals surface area contributed by atoms with Gasteiger partial charge in [-0.3, -0.25) is 9.59 Å². The number of carbonyl (C=O) groups is 2. The molecule has 0 spiro atoms. The Morgan fingerprint density at radius 3 is 2.82 bits per heavy atom. The number of amides is 2. The number of nitrogens with one attached hydrogen (secondary N) is 2. The number of piperidine rings is 1. The van der Waals surface area contributed by atoms with Gasteiger partial charge in [0, 0.05) is 12.2 Å². The Morgan fingerprint density at radius 1 is 1.36 bits per heavy atom. The molecule has 1 unspecified atom stereocenters. The highest BCUT2D eigenvalue weighted by Crippen LogP contribution is 2.21. The molecule has 1 aliphatic rings. The first-order valence-corrected chi connectivity index (χ1v) is 7.20. The minimum atomic E-state index is -0.528. The SMILES string of the molecule is Cc1ccc(N2CCCC(NC(=O)c3cn[nH]n3)C2=O)cc1. The van der Waals surface area contributed by atoms with Gasteiger partial charge >= 0.3 is 0 Å². The smallest absolute Gasteiger partial charge is 0.274 e. The van der Waals surface area contributed by atoms with E-state index in [1.807, 2.05) is 31.2 Å². The maximum atomic E-state index is 12.6. The Morgan fingerprint density at radius 2 is 2.14 bits per heavy atom. The van der Waals surface area contributed by atoms with Crippen molar-refractivity contribution in [2.75, 3.05) is 11.4 Å². The number of anilines is 1. The van der Waals surface area contributed by atoms with E-state index in [0.29, 0.717) is 13.0 Å². The third-order valence-electron chi connectivity index (χ3n) is 3.74. The van der Waals surface area contributed by atoms with Crippen molar-refractivity contribution >= 4 is 17.5 Å². The molecule has 7 nitrogen and oxygen atoms in total. The summed E-state index contributed by atoms with van der Waals surface area (Å²) in [5.74, 6) is -0.482. The van der Waals surface area contributed by atoms with E-state index in [1.165, 1.54) is 6.20 Å². The third-order valence-corrected chi connectivity index (χ3v) is 3.74. The van der Waals surface area contributed by atoms with Crippen molar-refractivity contribution in [2.45, 2.75) is 25.8 Å². The van der Waals surface area contributed by atoms with Crippen LogP contribution in [-0.4, -0.2) is 39.8 Å². The van der Waals surface area contributed by atoms with Gasteiger partial charge in [-0.25, -0.2) is 0 Å². The summed E-state index contributed by atoms with van der Waals surface area (Å²) >= 11 is 0. The van der Waals surface area contributed by atoms with Gasteiger partial charge in [0.05, 0.1) is 6.20 Å². The lowest BCUT2D eigenvalue weighted by molar-refractivity contribution is -0.121. The van der Waals surface area contributed by atoms with Crippen molar-refractivity contribution in [1.82, 2.24) is 20.7 Å². The standard InChI is InChI=1S/C15H17N5O2/c1-10-4-6-11(7-5-10)20-8-2-3-12(15(20)22)17-14(21)13-9-16-19-18-13/h4-7,9,12H,2-3,8H2,1H3,(H,17,21)(H,16,18,19). The highest BCUT2D eigenvalue weighted by molar-refractivity contribution is 6.02. The molecule has 0 radical (unpaired) electrons. The van der Waals surface area contributed by atoms with E-state index >= 15 is 0 Å². The van der Waals surface area contributed by atoms with Crippen molar-refractivity contribution < 1.29 is 9.59 Å². The maximum Gasteiger partial charge on any atom is 0.274 e. The van der Waals surface area contributed by atoms with E-state index in [2.05, 4.69) is 20.7 Å². The van der Waals surface area contributed by atoms with Crippen molar-refractivity contribution in [2.24, 2.45) is 0 Å². The van der Waals surface area contributed by atoms with E-state index in [1.54, 1.807) is 4.90 Å². The van der Waals surface area contributed by atoms with E-state index in [0.717, 1.165) is 17.7 Å². The van der Waals surface area contributed by atoms with Crippen LogP contribution in [0.4, 0.5) is 5.69 Å². The molecule has 1 saturated heterocycles. The van der Waals surface area contributed by atoms with Gasteiger partial charge < -0.3 is 10.2 Å². The maximum absolute atomic E-state index is 12.6. The molecular formula is C15H17N5O2. The summed E-state index contributed by atoms with van der Waals surface area (Å²) in [6, 6.07) is 7.27. The lowest BCUT2D eigenvalue weighted by Gasteiger charge is -2.32. The van der Waals surface area contributed by atoms with E-state index in [-0.39, 0.29) is 11.6 Å². The largest absolute Gasteiger partial charge is 0.339 e. The van der Waals surface area contributed by atoms with Crippen LogP contribution in [0.3, 0.4) is 0 Å². The summed E-state index contributed by atoms with van der Waals surface area (Å²) in [6.45, 7) is 2.67. The first kappa shape index (κ1) is 14.2. The summed E-state index contributed by atoms with van der Waals surface area (Å²) in [5, 5.41) is 12.4. The average Bonchev–Trinajstić information content (AvgIpc) is 3.05. The molecule has 1 aliphatic heterocycles. The summed E-state index contributed by atoms with van der Waals surface area (Å²) in [4.78, 5) is 26.3. The van der Waals surface area contributed by atoms with Crippen LogP contribution in [-0.2, 0) is 4.79 Å². The number of rotatable bonds is 3. The van der Waals surface area contributed by atoms with Gasteiger partial charge in [0.15, 0.2) is 5.69 Å². The highest BCUT2D eigenvalue weighted by atomic mass is 16.2. The normalized spacial score (nSPS) is 18.3. The predicted octanol–water partition coefficient (Wildman–Crippen LogP) is 1.04. The topological polar surface area (TPSA) is 91.0 Å². The number of aryl methyl sites for hydroxylation is 1. The predicted molar refractivity (Wildman–Crippen MR) is 80.4 cm³/mol. The molecule has 2 aromatic rings. The summed E-state index contributed by atoms with van der Waals surface area (Å²) in [7, 11) is 0. The molecule has 1 aromatic heterocycles. The van der Waals surface area contributed by atoms with Crippen molar-refractivity contribution in [3.63, 3.8) is 0 Å². The lowest BCUT2D eigenvalue weighted by atomic mass is 10.0. The van der Waals surface area contributed by atoms with Gasteiger partial charge in [0.1, 0.15) is 6.04 Å². The second-order valence-corrected chi connectivity index (χ2v) is 5.35. The van der Waals surface area contributed by atoms with Gasteiger partial charge in [-0.2, -0.15) is 15.4 Å². The first-order chi connectivity index (χ1) is 10.6. The fourth-order valence-corrected chi connectivity index (χ4v) is 2.53. The Hall–Kier alpha value is -2.70. The second-order valence-electron chi connectivity index (χ2n) is 5.35. The van der Waals surface area contributed by atoms with Crippen molar-refractivity contribution in [3.05, 3.63) is 41.7 Å². The third kappa shape index (κ3) is 2.83. The van der Waals surface area contributed by atoms with Crippen LogP contribution in [0.2, 0.25) is 0 Å². The van der Waals surface area contributed by atoms with Crippen LogP contribution < -0.4 is 10.2 Å². The zero-order valence-electron chi connectivity index (χ0n) is 12.2. The Balaban J connectivity index is 1.72. The van der Waals surface area contributed by atoms with Gasteiger partial charge in [-0.1, -0.05) is 17.7 Å². The van der Waals surface area contributed by atoms with Gasteiger partial charge in [-0.15, -0.1) is 0 Å². The monoisotopic (exact) mass is 299 g/mol. The van der Waals surface area contributed by atoms with Gasteiger partial charge in [0.25, 0.3) is 5.91 Å². The lowest BCUT2D eigenvalue weighted by Crippen LogP contribution is -2.52. The Kier molecular flexibility index (Phi) is 3.86. The summed E-state index contributed by atoms with van der Waals surface area (Å²) < 4.78 is 0. The van der Waals surface area contributed by atoms with Gasteiger partial charge in [0.2, 0.25) is 5.91 Å². The van der Waals surface area contributed by atoms with E-state index < -0.39 is 11.9 Å². The molecule has 0 saturated carbocycles. The van der Waals surface area contributed by atoms with E-state index in [9.17, 15) is 9.59 Å². The molecule has 114 valence electrons. The van der Waals surface area contributed by atoms with Crippen LogP contribution in [0.15, 0.2) is 30.5 Å². The van der Waals surface area contributed by atoms with Crippen molar-refractivity contribution in [1.29, 1.82) is 0 Å². The number of aromatic nitrogens is 3. The van der Waals surface area contributed by atoms with Gasteiger partial charge in [-0.05, 0) is 31.9 Å². The first-order valence-electron chi connectivity index (χ1n) is 7.20. The Labute approximate surface area is 127 Å². The molecule has 2 N–H and O–H groups in total. The number of benzene rings is 1. The molecule has 22 heavy (non-hydrogen) atoms. The molecule has 1 atom stereocenters. The molecule has 1 fully saturated rings. The van der Waals surface area contributed by atoms with E-state index in [4.69, 9.17) is 0 Å². The molecule has 3 rings (SSSR count). The molecule has 2 heterocycles. The number of nitrogens with zero attached hydrogens (tertiary/aromatic N) is 3. The zero-order valence-corrected chi connectivity index (χ0v) is 12.2. The minimum Gasteiger partial charge on any atom is -0.339 e. The fourth-order valence-electron chi connectivity index (χ4n) is 2.53. The number of H-pyrrole nitrogens is 1. The van der Waals surface area contributed by atoms with Crippen LogP contribution in [0.5, 0.6) is 0 Å². The number of carbonyl (C=O) groups excluding carboxylic acids is 2. The average molecular weight is 299 g/mol. The number of hydrogen-bond acceptors (Lipinski definition) is 4. The molecular weight excluding hydrogens is 282 g/mol. The van der Waals surface area contributed by atoms with Crippen molar-refractivity contribution in [3.8, 4) is 0 Å². The molecule has 2 amide bonds. The summed E-state index contributed by atoms with van der Waals surface area (Å²) in [6.07, 6.45) is 2.80. The number of hydrogen-bond donors (Lipinski definition) is 2. The molecule has 7 heteroatoms. The molecule has 1 aromatic carbocycles. The number of aromatic amines is 1. The van der Waals surface area contributed by atoms with Crippen LogP contribution in [0.1, 0.15) is 28.9 Å². The highest BCUT2D eigenvalue weighted by Gasteiger charge is 2.31. The molecule has 0 bridgehead atoms. The Bertz CT molecular complexity index is 666. The fraction of sp³-hybridized carbons (Fsp3) is 0.333. The minimum absolute atomic E-state index is 0.0908. The van der Waals surface area contributed by atoms with Crippen LogP contribution >= 0.6 is 0 Å².